The molecule has 1 aromatic rings. The second-order valence-electron chi connectivity index (χ2n) is 6.51. The van der Waals surface area contributed by atoms with Crippen LogP contribution in [0.2, 0.25) is 0 Å². The van der Waals surface area contributed by atoms with Gasteiger partial charge in [-0.2, -0.15) is 0 Å². The number of aryl methyl sites for hydroxylation is 2. The van der Waals surface area contributed by atoms with E-state index in [1.165, 1.54) is 0 Å². The van der Waals surface area contributed by atoms with E-state index >= 15 is 0 Å². The van der Waals surface area contributed by atoms with Gasteiger partial charge in [0, 0.05) is 36.6 Å². The molecule has 0 radical (unpaired) electrons. The summed E-state index contributed by atoms with van der Waals surface area (Å²) in [6.45, 7) is 6.40. The first-order valence-corrected chi connectivity index (χ1v) is 8.19. The predicted octanol–water partition coefficient (Wildman–Crippen LogP) is 1.25. The number of nitrogens with one attached hydrogen (secondary N) is 2. The molecule has 0 unspecified atom stereocenters. The molecule has 6 heteroatoms. The van der Waals surface area contributed by atoms with E-state index in [9.17, 15) is 4.79 Å². The van der Waals surface area contributed by atoms with Crippen molar-refractivity contribution in [2.75, 3.05) is 25.0 Å². The third-order valence-corrected chi connectivity index (χ3v) is 4.21. The van der Waals surface area contributed by atoms with Crippen LogP contribution >= 0.6 is 0 Å². The van der Waals surface area contributed by atoms with Gasteiger partial charge in [0.1, 0.15) is 0 Å². The van der Waals surface area contributed by atoms with Crippen molar-refractivity contribution in [2.24, 2.45) is 0 Å². The number of hydrogen-bond acceptors (Lipinski definition) is 5. The highest BCUT2D eigenvalue weighted by molar-refractivity contribution is 5.78. The van der Waals surface area contributed by atoms with Crippen LogP contribution in [0.4, 0.5) is 5.95 Å². The number of hydrogen-bond donors (Lipinski definition) is 2. The fraction of sp³-hybridized carbons (Fsp3) is 0.688. The summed E-state index contributed by atoms with van der Waals surface area (Å²) in [7, 11) is 0. The molecule has 3 rings (SSSR count). The maximum atomic E-state index is 11.8. The molecule has 0 atom stereocenters. The van der Waals surface area contributed by atoms with Crippen molar-refractivity contribution < 1.29 is 4.79 Å². The number of anilines is 1. The normalized spacial score (nSPS) is 19.9. The van der Waals surface area contributed by atoms with Gasteiger partial charge >= 0.3 is 0 Å². The second kappa shape index (κ2) is 6.60. The second-order valence-corrected chi connectivity index (χ2v) is 6.51. The van der Waals surface area contributed by atoms with Crippen molar-refractivity contribution in [1.82, 2.24) is 20.2 Å². The first-order valence-electron chi connectivity index (χ1n) is 8.19. The minimum atomic E-state index is 0.173. The molecule has 1 saturated heterocycles. The summed E-state index contributed by atoms with van der Waals surface area (Å²) in [6, 6.07) is 2.82. The van der Waals surface area contributed by atoms with Gasteiger partial charge < -0.3 is 10.6 Å². The SMILES string of the molecule is Cc1cc(C)nc(NC2CCN(CC(=O)NC3CC3)CC2)n1. The van der Waals surface area contributed by atoms with Gasteiger partial charge in [-0.05, 0) is 45.6 Å². The van der Waals surface area contributed by atoms with Crippen LogP contribution in [-0.2, 0) is 4.79 Å². The van der Waals surface area contributed by atoms with Gasteiger partial charge in [0.2, 0.25) is 11.9 Å². The number of carbonyl (C=O) groups excluding carboxylic acids is 1. The summed E-state index contributed by atoms with van der Waals surface area (Å²) in [6.07, 6.45) is 4.33. The Kier molecular flexibility index (Phi) is 4.57. The minimum absolute atomic E-state index is 0.173. The van der Waals surface area contributed by atoms with E-state index < -0.39 is 0 Å². The van der Waals surface area contributed by atoms with Crippen molar-refractivity contribution in [2.45, 2.75) is 51.6 Å². The molecule has 22 heavy (non-hydrogen) atoms. The number of aromatic nitrogens is 2. The number of likely N-dealkylation sites (tertiary alicyclic amines) is 1. The van der Waals surface area contributed by atoms with E-state index in [0.29, 0.717) is 18.6 Å². The lowest BCUT2D eigenvalue weighted by atomic mass is 10.1. The van der Waals surface area contributed by atoms with E-state index in [0.717, 1.165) is 56.1 Å². The van der Waals surface area contributed by atoms with Crippen molar-refractivity contribution >= 4 is 11.9 Å². The molecule has 0 bridgehead atoms. The maximum absolute atomic E-state index is 11.8. The molecule has 2 aliphatic rings. The van der Waals surface area contributed by atoms with E-state index in [1.54, 1.807) is 0 Å². The van der Waals surface area contributed by atoms with Crippen LogP contribution in [0, 0.1) is 13.8 Å². The molecule has 1 aromatic heterocycles. The number of piperidine rings is 1. The molecule has 1 aliphatic heterocycles. The number of amides is 1. The molecular weight excluding hydrogens is 278 g/mol. The molecule has 120 valence electrons. The Labute approximate surface area is 131 Å². The molecular formula is C16H25N5O. The van der Waals surface area contributed by atoms with Crippen LogP contribution in [0.1, 0.15) is 37.1 Å². The molecule has 2 heterocycles. The van der Waals surface area contributed by atoms with Gasteiger partial charge in [-0.25, -0.2) is 9.97 Å². The largest absolute Gasteiger partial charge is 0.352 e. The summed E-state index contributed by atoms with van der Waals surface area (Å²) in [4.78, 5) is 22.9. The van der Waals surface area contributed by atoms with Crippen LogP contribution in [0.25, 0.3) is 0 Å². The predicted molar refractivity (Wildman–Crippen MR) is 85.8 cm³/mol. The molecule has 2 fully saturated rings. The van der Waals surface area contributed by atoms with Crippen LogP contribution in [-0.4, -0.2) is 52.5 Å². The minimum Gasteiger partial charge on any atom is -0.352 e. The van der Waals surface area contributed by atoms with Crippen LogP contribution in [0.15, 0.2) is 6.07 Å². The molecule has 6 nitrogen and oxygen atoms in total. The topological polar surface area (TPSA) is 70.2 Å². The Morgan fingerprint density at radius 1 is 1.14 bits per heavy atom. The van der Waals surface area contributed by atoms with Gasteiger partial charge in [-0.3, -0.25) is 9.69 Å². The van der Waals surface area contributed by atoms with E-state index in [1.807, 2.05) is 19.9 Å². The van der Waals surface area contributed by atoms with E-state index in [4.69, 9.17) is 0 Å². The molecule has 0 aromatic carbocycles. The zero-order valence-electron chi connectivity index (χ0n) is 13.4. The first kappa shape index (κ1) is 15.2. The molecule has 0 spiro atoms. The van der Waals surface area contributed by atoms with Crippen molar-refractivity contribution in [1.29, 1.82) is 0 Å². The zero-order chi connectivity index (χ0) is 15.5. The summed E-state index contributed by atoms with van der Waals surface area (Å²) in [5.41, 5.74) is 1.98. The molecule has 1 aliphatic carbocycles. The van der Waals surface area contributed by atoms with Crippen molar-refractivity contribution in [3.63, 3.8) is 0 Å². The summed E-state index contributed by atoms with van der Waals surface area (Å²) in [5.74, 6) is 0.897. The third kappa shape index (κ3) is 4.40. The Balaban J connectivity index is 1.43. The smallest absolute Gasteiger partial charge is 0.234 e. The molecule has 1 saturated carbocycles. The lowest BCUT2D eigenvalue weighted by molar-refractivity contribution is -0.122. The van der Waals surface area contributed by atoms with Crippen molar-refractivity contribution in [3.8, 4) is 0 Å². The highest BCUT2D eigenvalue weighted by atomic mass is 16.2. The molecule has 1 amide bonds. The highest BCUT2D eigenvalue weighted by Crippen LogP contribution is 2.19. The van der Waals surface area contributed by atoms with E-state index in [-0.39, 0.29) is 5.91 Å². The number of nitrogens with zero attached hydrogens (tertiary/aromatic N) is 3. The Hall–Kier alpha value is -1.69. The van der Waals surface area contributed by atoms with Gasteiger partial charge in [0.05, 0.1) is 6.54 Å². The third-order valence-electron chi connectivity index (χ3n) is 4.21. The Morgan fingerprint density at radius 3 is 2.36 bits per heavy atom. The van der Waals surface area contributed by atoms with Crippen molar-refractivity contribution in [3.05, 3.63) is 17.5 Å². The average Bonchev–Trinajstić information content (AvgIpc) is 3.23. The first-order chi connectivity index (χ1) is 10.6. The van der Waals surface area contributed by atoms with E-state index in [2.05, 4.69) is 25.5 Å². The van der Waals surface area contributed by atoms with Crippen LogP contribution in [0.5, 0.6) is 0 Å². The quantitative estimate of drug-likeness (QED) is 0.856. The summed E-state index contributed by atoms with van der Waals surface area (Å²) >= 11 is 0. The lowest BCUT2D eigenvalue weighted by Crippen LogP contribution is -2.44. The number of carbonyl (C=O) groups is 1. The maximum Gasteiger partial charge on any atom is 0.234 e. The zero-order valence-corrected chi connectivity index (χ0v) is 13.4. The molecule has 2 N–H and O–H groups in total. The fourth-order valence-electron chi connectivity index (χ4n) is 2.91. The van der Waals surface area contributed by atoms with Gasteiger partial charge in [-0.15, -0.1) is 0 Å². The van der Waals surface area contributed by atoms with Gasteiger partial charge in [-0.1, -0.05) is 0 Å². The Bertz CT molecular complexity index is 515. The lowest BCUT2D eigenvalue weighted by Gasteiger charge is -2.31. The Morgan fingerprint density at radius 2 is 1.77 bits per heavy atom. The van der Waals surface area contributed by atoms with Crippen LogP contribution < -0.4 is 10.6 Å². The monoisotopic (exact) mass is 303 g/mol. The number of rotatable bonds is 5. The average molecular weight is 303 g/mol. The van der Waals surface area contributed by atoms with Gasteiger partial charge in [0.15, 0.2) is 0 Å². The van der Waals surface area contributed by atoms with Gasteiger partial charge in [0.25, 0.3) is 0 Å². The fourth-order valence-corrected chi connectivity index (χ4v) is 2.91. The summed E-state index contributed by atoms with van der Waals surface area (Å²) in [5, 5.41) is 6.48. The standard InChI is InChI=1S/C16H25N5O/c1-11-9-12(2)18-16(17-11)20-14-5-7-21(8-6-14)10-15(22)19-13-3-4-13/h9,13-14H,3-8,10H2,1-2H3,(H,19,22)(H,17,18,20). The van der Waals surface area contributed by atoms with Crippen LogP contribution in [0.3, 0.4) is 0 Å². The summed E-state index contributed by atoms with van der Waals surface area (Å²) < 4.78 is 0. The highest BCUT2D eigenvalue weighted by Gasteiger charge is 2.25.